The fourth-order valence-electron chi connectivity index (χ4n) is 2.99. The van der Waals surface area contributed by atoms with Crippen LogP contribution in [0, 0.1) is 6.92 Å². The van der Waals surface area contributed by atoms with Gasteiger partial charge < -0.3 is 4.74 Å². The minimum absolute atomic E-state index is 0.121. The van der Waals surface area contributed by atoms with Gasteiger partial charge in [-0.05, 0) is 37.3 Å². The Bertz CT molecular complexity index is 1280. The lowest BCUT2D eigenvalue weighted by Crippen LogP contribution is -2.15. The van der Waals surface area contributed by atoms with E-state index in [0.29, 0.717) is 27.4 Å². The summed E-state index contributed by atoms with van der Waals surface area (Å²) in [6, 6.07) is 15.4. The van der Waals surface area contributed by atoms with Crippen molar-refractivity contribution < 1.29 is 13.2 Å². The molecule has 2 heterocycles. The number of hydrogen-bond acceptors (Lipinski definition) is 5. The number of fused-ring (bicyclic) bond motifs is 1. The first-order chi connectivity index (χ1) is 13.4. The van der Waals surface area contributed by atoms with E-state index in [1.54, 1.807) is 49.6 Å². The fraction of sp³-hybridized carbons (Fsp3) is 0.100. The SMILES string of the molecule is COc1ccccc1-c1nn(S(=O)(=O)c2ccc(C)cc2)c2nccc(Cl)c12. The maximum absolute atomic E-state index is 13.3. The Kier molecular flexibility index (Phi) is 4.56. The Hall–Kier alpha value is -2.90. The standard InChI is InChI=1S/C20H16ClN3O3S/c1-13-7-9-14(10-8-13)28(25,26)24-20-18(16(21)11-12-22-20)19(23-24)15-5-3-4-6-17(15)27-2/h3-12H,1-2H3. The maximum atomic E-state index is 13.3. The lowest BCUT2D eigenvalue weighted by Gasteiger charge is -2.06. The number of ether oxygens (including phenoxy) is 1. The average molecular weight is 414 g/mol. The van der Waals surface area contributed by atoms with Crippen LogP contribution in [0.4, 0.5) is 0 Å². The smallest absolute Gasteiger partial charge is 0.284 e. The number of aromatic nitrogens is 3. The molecule has 0 saturated carbocycles. The van der Waals surface area contributed by atoms with Crippen LogP contribution >= 0.6 is 11.6 Å². The molecule has 0 unspecified atom stereocenters. The largest absolute Gasteiger partial charge is 0.496 e. The Labute approximate surface area is 167 Å². The highest BCUT2D eigenvalue weighted by Crippen LogP contribution is 2.37. The highest BCUT2D eigenvalue weighted by Gasteiger charge is 2.26. The van der Waals surface area contributed by atoms with Crippen molar-refractivity contribution in [1.82, 2.24) is 14.2 Å². The van der Waals surface area contributed by atoms with Crippen molar-refractivity contribution in [3.63, 3.8) is 0 Å². The molecule has 0 bridgehead atoms. The van der Waals surface area contributed by atoms with Gasteiger partial charge in [0.05, 0.1) is 22.4 Å². The van der Waals surface area contributed by atoms with Gasteiger partial charge in [-0.2, -0.15) is 13.5 Å². The molecule has 4 rings (SSSR count). The molecule has 0 atom stereocenters. The molecule has 0 fully saturated rings. The number of hydrogen-bond donors (Lipinski definition) is 0. The Balaban J connectivity index is 2.04. The molecule has 0 amide bonds. The number of halogens is 1. The van der Waals surface area contributed by atoms with Crippen molar-refractivity contribution >= 4 is 32.7 Å². The van der Waals surface area contributed by atoms with Crippen LogP contribution in [-0.4, -0.2) is 29.7 Å². The normalized spacial score (nSPS) is 11.7. The van der Waals surface area contributed by atoms with Gasteiger partial charge in [-0.15, -0.1) is 4.09 Å². The number of methoxy groups -OCH3 is 1. The summed E-state index contributed by atoms with van der Waals surface area (Å²) in [6.07, 6.45) is 1.46. The molecule has 2 aromatic carbocycles. The molecule has 6 nitrogen and oxygen atoms in total. The topological polar surface area (TPSA) is 74.1 Å². The van der Waals surface area contributed by atoms with Crippen molar-refractivity contribution in [2.75, 3.05) is 7.11 Å². The second kappa shape index (κ2) is 6.92. The zero-order valence-electron chi connectivity index (χ0n) is 15.1. The number of benzene rings is 2. The van der Waals surface area contributed by atoms with Crippen LogP contribution in [0.3, 0.4) is 0 Å². The first-order valence-corrected chi connectivity index (χ1v) is 10.2. The maximum Gasteiger partial charge on any atom is 0.284 e. The van der Waals surface area contributed by atoms with Crippen LogP contribution in [-0.2, 0) is 10.0 Å². The molecule has 8 heteroatoms. The van der Waals surface area contributed by atoms with Crippen LogP contribution in [0.2, 0.25) is 5.02 Å². The molecule has 0 spiro atoms. The first kappa shape index (κ1) is 18.5. The summed E-state index contributed by atoms with van der Waals surface area (Å²) in [5, 5.41) is 5.21. The third-order valence-corrected chi connectivity index (χ3v) is 6.29. The van der Waals surface area contributed by atoms with Crippen molar-refractivity contribution in [3.05, 3.63) is 71.4 Å². The Morgan fingerprint density at radius 3 is 2.46 bits per heavy atom. The van der Waals surface area contributed by atoms with E-state index < -0.39 is 10.0 Å². The number of nitrogens with zero attached hydrogens (tertiary/aromatic N) is 3. The van der Waals surface area contributed by atoms with Crippen molar-refractivity contribution in [2.24, 2.45) is 0 Å². The molecule has 28 heavy (non-hydrogen) atoms. The van der Waals surface area contributed by atoms with E-state index in [9.17, 15) is 8.42 Å². The van der Waals surface area contributed by atoms with Crippen LogP contribution in [0.1, 0.15) is 5.56 Å². The molecular formula is C20H16ClN3O3S. The Morgan fingerprint density at radius 2 is 1.75 bits per heavy atom. The number of rotatable bonds is 4. The zero-order valence-corrected chi connectivity index (χ0v) is 16.7. The second-order valence-electron chi connectivity index (χ2n) is 6.20. The van der Waals surface area contributed by atoms with Gasteiger partial charge in [0, 0.05) is 11.8 Å². The lowest BCUT2D eigenvalue weighted by atomic mass is 10.1. The first-order valence-electron chi connectivity index (χ1n) is 8.42. The molecule has 0 radical (unpaired) electrons. The van der Waals surface area contributed by atoms with Gasteiger partial charge in [0.15, 0.2) is 5.65 Å². The van der Waals surface area contributed by atoms with E-state index in [1.807, 2.05) is 19.1 Å². The van der Waals surface area contributed by atoms with Gasteiger partial charge in [0.1, 0.15) is 11.4 Å². The monoisotopic (exact) mass is 413 g/mol. The van der Waals surface area contributed by atoms with Crippen LogP contribution < -0.4 is 4.74 Å². The van der Waals surface area contributed by atoms with Gasteiger partial charge in [0.2, 0.25) is 0 Å². The van der Waals surface area contributed by atoms with Gasteiger partial charge in [0.25, 0.3) is 10.0 Å². The van der Waals surface area contributed by atoms with E-state index in [1.165, 1.54) is 6.20 Å². The highest BCUT2D eigenvalue weighted by atomic mass is 35.5. The molecule has 0 aliphatic carbocycles. The molecular weight excluding hydrogens is 398 g/mol. The summed E-state index contributed by atoms with van der Waals surface area (Å²) in [7, 11) is -2.42. The predicted molar refractivity (Wildman–Crippen MR) is 108 cm³/mol. The minimum atomic E-state index is -3.96. The average Bonchev–Trinajstić information content (AvgIpc) is 3.10. The Morgan fingerprint density at radius 1 is 1.04 bits per heavy atom. The van der Waals surface area contributed by atoms with Gasteiger partial charge >= 0.3 is 0 Å². The summed E-state index contributed by atoms with van der Waals surface area (Å²) in [5.74, 6) is 0.557. The minimum Gasteiger partial charge on any atom is -0.496 e. The summed E-state index contributed by atoms with van der Waals surface area (Å²) in [6.45, 7) is 1.89. The van der Waals surface area contributed by atoms with Crippen LogP contribution in [0.5, 0.6) is 5.75 Å². The predicted octanol–water partition coefficient (Wildman–Crippen LogP) is 4.31. The van der Waals surface area contributed by atoms with Gasteiger partial charge in [-0.3, -0.25) is 0 Å². The molecule has 0 saturated heterocycles. The van der Waals surface area contributed by atoms with Gasteiger partial charge in [-0.1, -0.05) is 41.4 Å². The van der Waals surface area contributed by atoms with E-state index in [4.69, 9.17) is 16.3 Å². The van der Waals surface area contributed by atoms with E-state index in [0.717, 1.165) is 9.65 Å². The van der Waals surface area contributed by atoms with Crippen LogP contribution in [0.15, 0.2) is 65.7 Å². The third kappa shape index (κ3) is 2.93. The highest BCUT2D eigenvalue weighted by molar-refractivity contribution is 7.90. The molecule has 0 aliphatic rings. The summed E-state index contributed by atoms with van der Waals surface area (Å²) in [4.78, 5) is 4.37. The third-order valence-electron chi connectivity index (χ3n) is 4.40. The quantitative estimate of drug-likeness (QED) is 0.498. The number of para-hydroxylation sites is 1. The van der Waals surface area contributed by atoms with Crippen molar-refractivity contribution in [2.45, 2.75) is 11.8 Å². The fourth-order valence-corrected chi connectivity index (χ4v) is 4.45. The van der Waals surface area contributed by atoms with E-state index in [-0.39, 0.29) is 10.5 Å². The number of aryl methyl sites for hydroxylation is 1. The van der Waals surface area contributed by atoms with Gasteiger partial charge in [-0.25, -0.2) is 4.98 Å². The van der Waals surface area contributed by atoms with Crippen molar-refractivity contribution in [3.8, 4) is 17.0 Å². The zero-order chi connectivity index (χ0) is 19.9. The molecule has 0 aliphatic heterocycles. The molecule has 0 N–H and O–H groups in total. The van der Waals surface area contributed by atoms with E-state index in [2.05, 4.69) is 10.1 Å². The van der Waals surface area contributed by atoms with Crippen molar-refractivity contribution in [1.29, 1.82) is 0 Å². The van der Waals surface area contributed by atoms with E-state index >= 15 is 0 Å². The van der Waals surface area contributed by atoms with Crippen LogP contribution in [0.25, 0.3) is 22.3 Å². The molecule has 2 aromatic heterocycles. The number of pyridine rings is 1. The second-order valence-corrected chi connectivity index (χ2v) is 8.38. The molecule has 142 valence electrons. The summed E-state index contributed by atoms with van der Waals surface area (Å²) < 4.78 is 32.9. The lowest BCUT2D eigenvalue weighted by molar-refractivity contribution is 0.416. The summed E-state index contributed by atoms with van der Waals surface area (Å²) in [5.41, 5.74) is 2.14. The molecule has 4 aromatic rings. The summed E-state index contributed by atoms with van der Waals surface area (Å²) >= 11 is 6.41.